The second kappa shape index (κ2) is 6.61. The number of rotatable bonds is 5. The molecule has 0 aliphatic rings. The number of nitrogens with one attached hydrogen (secondary N) is 1. The highest BCUT2D eigenvalue weighted by molar-refractivity contribution is 5.60. The molecule has 0 unspecified atom stereocenters. The molecule has 0 bridgehead atoms. The molecule has 0 aliphatic heterocycles. The largest absolute Gasteiger partial charge is 0.384 e. The minimum absolute atomic E-state index is 0.752. The van der Waals surface area contributed by atoms with Gasteiger partial charge in [-0.1, -0.05) is 42.5 Å². The summed E-state index contributed by atoms with van der Waals surface area (Å²) in [5.74, 6) is 0. The Hall–Kier alpha value is -2.27. The molecule has 0 saturated carbocycles. The highest BCUT2D eigenvalue weighted by atomic mass is 14.9. The molecule has 0 aromatic heterocycles. The van der Waals surface area contributed by atoms with Crippen LogP contribution in [0, 0.1) is 18.3 Å². The lowest BCUT2D eigenvalue weighted by molar-refractivity contribution is 0.862. The number of hydrogen-bond acceptors (Lipinski definition) is 2. The average Bonchev–Trinajstić information content (AvgIpc) is 2.45. The fourth-order valence-electron chi connectivity index (χ4n) is 2.12. The molecule has 0 atom stereocenters. The van der Waals surface area contributed by atoms with E-state index in [1.807, 2.05) is 31.2 Å². The van der Waals surface area contributed by atoms with Gasteiger partial charge in [0.2, 0.25) is 0 Å². The second-order valence-electron chi connectivity index (χ2n) is 4.63. The highest BCUT2D eigenvalue weighted by Gasteiger charge is 2.03. The van der Waals surface area contributed by atoms with E-state index in [2.05, 4.69) is 35.7 Å². The molecule has 0 fully saturated rings. The molecule has 96 valence electrons. The van der Waals surface area contributed by atoms with Crippen LogP contribution in [0.3, 0.4) is 0 Å². The first kappa shape index (κ1) is 13.2. The van der Waals surface area contributed by atoms with Crippen molar-refractivity contribution in [2.24, 2.45) is 0 Å². The van der Waals surface area contributed by atoms with Gasteiger partial charge in [0.05, 0.1) is 11.3 Å². The lowest BCUT2D eigenvalue weighted by Gasteiger charge is -2.09. The lowest BCUT2D eigenvalue weighted by atomic mass is 10.1. The van der Waals surface area contributed by atoms with Crippen LogP contribution in [0.25, 0.3) is 0 Å². The van der Waals surface area contributed by atoms with Crippen molar-refractivity contribution in [1.29, 1.82) is 5.26 Å². The summed E-state index contributed by atoms with van der Waals surface area (Å²) in [6.07, 6.45) is 2.12. The van der Waals surface area contributed by atoms with Gasteiger partial charge in [0.25, 0.3) is 0 Å². The van der Waals surface area contributed by atoms with Crippen molar-refractivity contribution in [1.82, 2.24) is 0 Å². The van der Waals surface area contributed by atoms with Crippen LogP contribution in [0.5, 0.6) is 0 Å². The lowest BCUT2D eigenvalue weighted by Crippen LogP contribution is -2.05. The van der Waals surface area contributed by atoms with Crippen molar-refractivity contribution in [2.45, 2.75) is 19.8 Å². The Balaban J connectivity index is 1.87. The summed E-state index contributed by atoms with van der Waals surface area (Å²) in [7, 11) is 0. The van der Waals surface area contributed by atoms with Crippen molar-refractivity contribution in [3.63, 3.8) is 0 Å². The molecule has 2 heteroatoms. The third kappa shape index (κ3) is 3.59. The van der Waals surface area contributed by atoms with Gasteiger partial charge in [-0.05, 0) is 37.0 Å². The zero-order valence-corrected chi connectivity index (χ0v) is 11.2. The van der Waals surface area contributed by atoms with Gasteiger partial charge >= 0.3 is 0 Å². The zero-order valence-electron chi connectivity index (χ0n) is 11.2. The zero-order chi connectivity index (χ0) is 13.5. The summed E-state index contributed by atoms with van der Waals surface area (Å²) < 4.78 is 0. The van der Waals surface area contributed by atoms with Crippen LogP contribution in [0.4, 0.5) is 5.69 Å². The standard InChI is InChI=1S/C17H18N2/c1-14-7-5-11-17(16(14)13-18)19-12-6-10-15-8-3-2-4-9-15/h2-5,7-9,11,19H,6,10,12H2,1H3. The molecule has 19 heavy (non-hydrogen) atoms. The molecule has 0 spiro atoms. The quantitative estimate of drug-likeness (QED) is 0.817. The highest BCUT2D eigenvalue weighted by Crippen LogP contribution is 2.18. The van der Waals surface area contributed by atoms with Crippen LogP contribution in [-0.4, -0.2) is 6.54 Å². The monoisotopic (exact) mass is 250 g/mol. The smallest absolute Gasteiger partial charge is 0.102 e. The Morgan fingerprint density at radius 3 is 2.58 bits per heavy atom. The number of aryl methyl sites for hydroxylation is 2. The van der Waals surface area contributed by atoms with Gasteiger partial charge in [0, 0.05) is 6.54 Å². The van der Waals surface area contributed by atoms with Crippen molar-refractivity contribution in [3.8, 4) is 6.07 Å². The fraction of sp³-hybridized carbons (Fsp3) is 0.235. The number of hydrogen-bond donors (Lipinski definition) is 1. The van der Waals surface area contributed by atoms with E-state index < -0.39 is 0 Å². The van der Waals surface area contributed by atoms with E-state index in [4.69, 9.17) is 5.26 Å². The van der Waals surface area contributed by atoms with E-state index in [0.717, 1.165) is 36.2 Å². The Morgan fingerprint density at radius 2 is 1.84 bits per heavy atom. The first-order valence-electron chi connectivity index (χ1n) is 6.59. The van der Waals surface area contributed by atoms with E-state index in [1.54, 1.807) is 0 Å². The van der Waals surface area contributed by atoms with Crippen molar-refractivity contribution < 1.29 is 0 Å². The molecular weight excluding hydrogens is 232 g/mol. The maximum Gasteiger partial charge on any atom is 0.102 e. The predicted octanol–water partition coefficient (Wildman–Crippen LogP) is 3.91. The van der Waals surface area contributed by atoms with Crippen LogP contribution < -0.4 is 5.32 Å². The van der Waals surface area contributed by atoms with Gasteiger partial charge in [0.1, 0.15) is 6.07 Å². The number of anilines is 1. The number of benzene rings is 2. The second-order valence-corrected chi connectivity index (χ2v) is 4.63. The van der Waals surface area contributed by atoms with E-state index in [-0.39, 0.29) is 0 Å². The third-order valence-electron chi connectivity index (χ3n) is 3.19. The molecule has 0 radical (unpaired) electrons. The van der Waals surface area contributed by atoms with Crippen LogP contribution in [0.1, 0.15) is 23.1 Å². The molecular formula is C17H18N2. The summed E-state index contributed by atoms with van der Waals surface area (Å²) in [4.78, 5) is 0. The normalized spacial score (nSPS) is 9.89. The number of nitriles is 1. The Kier molecular flexibility index (Phi) is 4.58. The topological polar surface area (TPSA) is 35.8 Å². The van der Waals surface area contributed by atoms with Crippen LogP contribution >= 0.6 is 0 Å². The average molecular weight is 250 g/mol. The molecule has 1 N–H and O–H groups in total. The van der Waals surface area contributed by atoms with Gasteiger partial charge in [-0.15, -0.1) is 0 Å². The summed E-state index contributed by atoms with van der Waals surface area (Å²) in [5, 5.41) is 12.5. The van der Waals surface area contributed by atoms with Crippen molar-refractivity contribution >= 4 is 5.69 Å². The van der Waals surface area contributed by atoms with Crippen LogP contribution in [-0.2, 0) is 6.42 Å². The van der Waals surface area contributed by atoms with E-state index >= 15 is 0 Å². The minimum Gasteiger partial charge on any atom is -0.384 e. The van der Waals surface area contributed by atoms with Gasteiger partial charge < -0.3 is 5.32 Å². The van der Waals surface area contributed by atoms with E-state index in [0.29, 0.717) is 0 Å². The molecule has 0 amide bonds. The van der Waals surface area contributed by atoms with Crippen molar-refractivity contribution in [2.75, 3.05) is 11.9 Å². The summed E-state index contributed by atoms with van der Waals surface area (Å²) in [6.45, 7) is 2.85. The minimum atomic E-state index is 0.752. The fourth-order valence-corrected chi connectivity index (χ4v) is 2.12. The van der Waals surface area contributed by atoms with Gasteiger partial charge in [0.15, 0.2) is 0 Å². The van der Waals surface area contributed by atoms with Gasteiger partial charge in [-0.25, -0.2) is 0 Å². The summed E-state index contributed by atoms with van der Waals surface area (Å²) >= 11 is 0. The van der Waals surface area contributed by atoms with Crippen molar-refractivity contribution in [3.05, 3.63) is 65.2 Å². The summed E-state index contributed by atoms with van der Waals surface area (Å²) in [6, 6.07) is 18.6. The molecule has 2 nitrogen and oxygen atoms in total. The maximum absolute atomic E-state index is 9.14. The molecule has 2 rings (SSSR count). The van der Waals surface area contributed by atoms with Crippen LogP contribution in [0.15, 0.2) is 48.5 Å². The Bertz CT molecular complexity index is 568. The number of nitrogens with zero attached hydrogens (tertiary/aromatic N) is 1. The molecule has 0 heterocycles. The predicted molar refractivity (Wildman–Crippen MR) is 79.1 cm³/mol. The maximum atomic E-state index is 9.14. The molecule has 2 aromatic carbocycles. The Labute approximate surface area is 114 Å². The van der Waals surface area contributed by atoms with Gasteiger partial charge in [-0.3, -0.25) is 0 Å². The molecule has 0 aliphatic carbocycles. The van der Waals surface area contributed by atoms with E-state index in [1.165, 1.54) is 5.56 Å². The SMILES string of the molecule is Cc1cccc(NCCCc2ccccc2)c1C#N. The molecule has 0 saturated heterocycles. The third-order valence-corrected chi connectivity index (χ3v) is 3.19. The molecule has 2 aromatic rings. The van der Waals surface area contributed by atoms with Crippen LogP contribution in [0.2, 0.25) is 0 Å². The Morgan fingerprint density at radius 1 is 1.05 bits per heavy atom. The van der Waals surface area contributed by atoms with Gasteiger partial charge in [-0.2, -0.15) is 5.26 Å². The van der Waals surface area contributed by atoms with E-state index in [9.17, 15) is 0 Å². The first-order chi connectivity index (χ1) is 9.31. The first-order valence-corrected chi connectivity index (χ1v) is 6.59. The summed E-state index contributed by atoms with van der Waals surface area (Å²) in [5.41, 5.74) is 4.07.